The monoisotopic (exact) mass is 435 g/mol. The summed E-state index contributed by atoms with van der Waals surface area (Å²) >= 11 is 5.73. The van der Waals surface area contributed by atoms with Gasteiger partial charge in [0.05, 0.1) is 5.02 Å². The number of piperazine rings is 1. The zero-order valence-corrected chi connectivity index (χ0v) is 18.4. The number of rotatable bonds is 6. The highest BCUT2D eigenvalue weighted by Gasteiger charge is 2.39. The van der Waals surface area contributed by atoms with Crippen molar-refractivity contribution in [3.8, 4) is 11.3 Å². The molecule has 1 aliphatic rings. The van der Waals surface area contributed by atoms with Gasteiger partial charge in [0.2, 0.25) is 5.91 Å². The molecule has 0 spiro atoms. The van der Waals surface area contributed by atoms with E-state index >= 15 is 0 Å². The number of carbonyl (C=O) groups is 2. The van der Waals surface area contributed by atoms with Gasteiger partial charge in [-0.05, 0) is 42.9 Å². The summed E-state index contributed by atoms with van der Waals surface area (Å²) in [4.78, 5) is 27.6. The molecule has 2 aromatic rings. The van der Waals surface area contributed by atoms with Crippen LogP contribution >= 0.6 is 11.6 Å². The SMILES string of the molecule is CC(C)CC1CN(C(=O)c2cc(-c3ccc(Cl)c(F)c3)on2)C(CC(C)C)C(=O)N1. The van der Waals surface area contributed by atoms with Crippen LogP contribution in [0.1, 0.15) is 51.0 Å². The number of amides is 2. The average molecular weight is 436 g/mol. The standard InChI is InChI=1S/C22H27ClFN3O3/c1-12(2)7-15-11-27(19(8-13(3)4)21(28)25-15)22(29)18-10-20(30-26-18)14-5-6-16(23)17(24)9-14/h5-6,9-10,12-13,15,19H,7-8,11H2,1-4H3,(H,25,28). The Balaban J connectivity index is 1.86. The van der Waals surface area contributed by atoms with Crippen molar-refractivity contribution in [1.82, 2.24) is 15.4 Å². The first kappa shape index (κ1) is 22.3. The lowest BCUT2D eigenvalue weighted by Crippen LogP contribution is -2.62. The topological polar surface area (TPSA) is 75.4 Å². The van der Waals surface area contributed by atoms with Crippen molar-refractivity contribution in [3.63, 3.8) is 0 Å². The van der Waals surface area contributed by atoms with Crippen LogP contribution in [0, 0.1) is 17.7 Å². The molecule has 2 heterocycles. The second kappa shape index (κ2) is 9.16. The number of benzene rings is 1. The first-order valence-corrected chi connectivity index (χ1v) is 10.6. The van der Waals surface area contributed by atoms with Gasteiger partial charge in [0.15, 0.2) is 11.5 Å². The Morgan fingerprint density at radius 3 is 2.60 bits per heavy atom. The molecule has 1 fully saturated rings. The second-order valence-electron chi connectivity index (χ2n) is 8.64. The number of nitrogens with zero attached hydrogens (tertiary/aromatic N) is 2. The van der Waals surface area contributed by atoms with Crippen molar-refractivity contribution in [1.29, 1.82) is 0 Å². The molecule has 1 aliphatic heterocycles. The fourth-order valence-electron chi connectivity index (χ4n) is 3.77. The Bertz CT molecular complexity index is 928. The van der Waals surface area contributed by atoms with E-state index in [9.17, 15) is 14.0 Å². The van der Waals surface area contributed by atoms with Crippen LogP contribution in [0.5, 0.6) is 0 Å². The van der Waals surface area contributed by atoms with E-state index in [0.717, 1.165) is 6.42 Å². The Morgan fingerprint density at radius 1 is 1.27 bits per heavy atom. The van der Waals surface area contributed by atoms with E-state index in [1.165, 1.54) is 18.2 Å². The van der Waals surface area contributed by atoms with Gasteiger partial charge in [-0.1, -0.05) is 44.5 Å². The van der Waals surface area contributed by atoms with Crippen LogP contribution in [0.25, 0.3) is 11.3 Å². The van der Waals surface area contributed by atoms with Crippen LogP contribution in [0.2, 0.25) is 5.02 Å². The molecule has 3 rings (SSSR count). The largest absolute Gasteiger partial charge is 0.355 e. The summed E-state index contributed by atoms with van der Waals surface area (Å²) < 4.78 is 19.1. The van der Waals surface area contributed by atoms with Gasteiger partial charge in [-0.15, -0.1) is 0 Å². The fraction of sp³-hybridized carbons (Fsp3) is 0.500. The third-order valence-corrected chi connectivity index (χ3v) is 5.39. The lowest BCUT2D eigenvalue weighted by Gasteiger charge is -2.40. The Kier molecular flexibility index (Phi) is 6.81. The van der Waals surface area contributed by atoms with Crippen LogP contribution in [0.3, 0.4) is 0 Å². The zero-order chi connectivity index (χ0) is 22.0. The highest BCUT2D eigenvalue weighted by molar-refractivity contribution is 6.30. The third kappa shape index (κ3) is 5.01. The molecule has 0 aliphatic carbocycles. The van der Waals surface area contributed by atoms with Crippen molar-refractivity contribution >= 4 is 23.4 Å². The summed E-state index contributed by atoms with van der Waals surface area (Å²) in [5.41, 5.74) is 0.517. The van der Waals surface area contributed by atoms with Crippen LogP contribution in [-0.2, 0) is 4.79 Å². The summed E-state index contributed by atoms with van der Waals surface area (Å²) in [6, 6.07) is 5.04. The van der Waals surface area contributed by atoms with Crippen LogP contribution in [-0.4, -0.2) is 40.5 Å². The maximum Gasteiger partial charge on any atom is 0.276 e. The number of carbonyl (C=O) groups excluding carboxylic acids is 2. The van der Waals surface area contributed by atoms with E-state index in [1.54, 1.807) is 11.0 Å². The van der Waals surface area contributed by atoms with Crippen molar-refractivity contribution in [2.24, 2.45) is 11.8 Å². The Morgan fingerprint density at radius 2 is 1.97 bits per heavy atom. The summed E-state index contributed by atoms with van der Waals surface area (Å²) in [5, 5.41) is 6.94. The van der Waals surface area contributed by atoms with Gasteiger partial charge in [-0.2, -0.15) is 0 Å². The Labute approximate surface area is 180 Å². The van der Waals surface area contributed by atoms with E-state index in [1.807, 2.05) is 13.8 Å². The van der Waals surface area contributed by atoms with E-state index in [0.29, 0.717) is 24.4 Å². The minimum atomic E-state index is -0.584. The molecular weight excluding hydrogens is 409 g/mol. The summed E-state index contributed by atoms with van der Waals surface area (Å²) in [6.07, 6.45) is 1.33. The average Bonchev–Trinajstić information content (AvgIpc) is 3.14. The van der Waals surface area contributed by atoms with Gasteiger partial charge in [-0.25, -0.2) is 4.39 Å². The van der Waals surface area contributed by atoms with Gasteiger partial charge in [0.1, 0.15) is 11.9 Å². The van der Waals surface area contributed by atoms with E-state index in [-0.39, 0.29) is 40.3 Å². The molecule has 1 aromatic heterocycles. The van der Waals surface area contributed by atoms with Gasteiger partial charge in [-0.3, -0.25) is 9.59 Å². The van der Waals surface area contributed by atoms with Crippen LogP contribution in [0.15, 0.2) is 28.8 Å². The summed E-state index contributed by atoms with van der Waals surface area (Å²) in [5.74, 6) is -0.213. The minimum absolute atomic E-state index is 0.00150. The van der Waals surface area contributed by atoms with Crippen molar-refractivity contribution in [2.75, 3.05) is 6.54 Å². The van der Waals surface area contributed by atoms with E-state index in [2.05, 4.69) is 24.3 Å². The molecule has 0 saturated carbocycles. The number of halogens is 2. The van der Waals surface area contributed by atoms with Gasteiger partial charge in [0.25, 0.3) is 5.91 Å². The summed E-state index contributed by atoms with van der Waals surface area (Å²) in [7, 11) is 0. The zero-order valence-electron chi connectivity index (χ0n) is 17.6. The van der Waals surface area contributed by atoms with Crippen LogP contribution in [0.4, 0.5) is 4.39 Å². The van der Waals surface area contributed by atoms with Crippen molar-refractivity contribution in [2.45, 2.75) is 52.6 Å². The number of hydrogen-bond donors (Lipinski definition) is 1. The van der Waals surface area contributed by atoms with E-state index in [4.69, 9.17) is 16.1 Å². The lowest BCUT2D eigenvalue weighted by atomic mass is 9.94. The molecule has 1 saturated heterocycles. The molecule has 30 heavy (non-hydrogen) atoms. The quantitative estimate of drug-likeness (QED) is 0.723. The molecule has 6 nitrogen and oxygen atoms in total. The molecule has 2 unspecified atom stereocenters. The maximum atomic E-state index is 13.8. The van der Waals surface area contributed by atoms with Gasteiger partial charge < -0.3 is 14.7 Å². The molecule has 2 atom stereocenters. The second-order valence-corrected chi connectivity index (χ2v) is 9.05. The predicted molar refractivity (Wildman–Crippen MR) is 113 cm³/mol. The summed E-state index contributed by atoms with van der Waals surface area (Å²) in [6.45, 7) is 8.60. The Hall–Kier alpha value is -2.41. The fourth-order valence-corrected chi connectivity index (χ4v) is 3.88. The lowest BCUT2D eigenvalue weighted by molar-refractivity contribution is -0.130. The molecule has 162 valence electrons. The molecule has 1 N–H and O–H groups in total. The van der Waals surface area contributed by atoms with Gasteiger partial charge in [0, 0.05) is 24.2 Å². The molecule has 2 amide bonds. The normalized spacial score (nSPS) is 19.5. The minimum Gasteiger partial charge on any atom is -0.355 e. The van der Waals surface area contributed by atoms with Crippen LogP contribution < -0.4 is 5.32 Å². The molecular formula is C22H27ClFN3O3. The first-order valence-electron chi connectivity index (χ1n) is 10.2. The van der Waals surface area contributed by atoms with E-state index < -0.39 is 11.9 Å². The maximum absolute atomic E-state index is 13.8. The molecule has 8 heteroatoms. The first-order chi connectivity index (χ1) is 14.2. The molecule has 0 bridgehead atoms. The van der Waals surface area contributed by atoms with Gasteiger partial charge >= 0.3 is 0 Å². The number of nitrogens with one attached hydrogen (secondary N) is 1. The molecule has 0 radical (unpaired) electrons. The highest BCUT2D eigenvalue weighted by atomic mass is 35.5. The smallest absolute Gasteiger partial charge is 0.276 e. The number of aromatic nitrogens is 1. The third-order valence-electron chi connectivity index (χ3n) is 5.09. The highest BCUT2D eigenvalue weighted by Crippen LogP contribution is 2.27. The molecule has 1 aromatic carbocycles. The van der Waals surface area contributed by atoms with Crippen molar-refractivity contribution in [3.05, 3.63) is 40.8 Å². The number of hydrogen-bond acceptors (Lipinski definition) is 4. The van der Waals surface area contributed by atoms with Crippen molar-refractivity contribution < 1.29 is 18.5 Å². The predicted octanol–water partition coefficient (Wildman–Crippen LogP) is 4.54.